The summed E-state index contributed by atoms with van der Waals surface area (Å²) < 4.78 is 38.6. The largest absolute Gasteiger partial charge is 0.416 e. The van der Waals surface area contributed by atoms with Gasteiger partial charge in [-0.1, -0.05) is 24.8 Å². The SMILES string of the molecule is C=CC(=O)N1CCC(c2cc(-c3ccc(C(F)(F)F)cc3)cc3cccnc23)C1. The van der Waals surface area contributed by atoms with Crippen LogP contribution in [0.2, 0.25) is 0 Å². The lowest BCUT2D eigenvalue weighted by molar-refractivity contribution is -0.137. The van der Waals surface area contributed by atoms with E-state index >= 15 is 0 Å². The second kappa shape index (κ2) is 7.35. The van der Waals surface area contributed by atoms with E-state index in [-0.39, 0.29) is 11.8 Å². The first kappa shape index (κ1) is 19.2. The molecule has 29 heavy (non-hydrogen) atoms. The van der Waals surface area contributed by atoms with Crippen LogP contribution in [0.4, 0.5) is 13.2 Å². The molecule has 2 aromatic carbocycles. The van der Waals surface area contributed by atoms with E-state index in [4.69, 9.17) is 0 Å². The maximum atomic E-state index is 12.9. The molecule has 0 bridgehead atoms. The minimum atomic E-state index is -4.36. The van der Waals surface area contributed by atoms with Crippen molar-refractivity contribution in [3.05, 3.63) is 78.5 Å². The Morgan fingerprint density at radius 1 is 1.14 bits per heavy atom. The Balaban J connectivity index is 1.76. The Morgan fingerprint density at radius 3 is 2.59 bits per heavy atom. The van der Waals surface area contributed by atoms with Gasteiger partial charge in [-0.15, -0.1) is 0 Å². The van der Waals surface area contributed by atoms with E-state index in [1.807, 2.05) is 24.3 Å². The standard InChI is InChI=1S/C23H19F3N2O/c1-2-21(29)28-11-9-17(14-28)20-13-18(12-16-4-3-10-27-22(16)20)15-5-7-19(8-6-15)23(24,25)26/h2-8,10,12-13,17H,1,9,11,14H2. The molecular weight excluding hydrogens is 377 g/mol. The average molecular weight is 396 g/mol. The number of carbonyl (C=O) groups excluding carboxylic acids is 1. The predicted octanol–water partition coefficient (Wildman–Crippen LogP) is 5.42. The monoisotopic (exact) mass is 396 g/mol. The van der Waals surface area contributed by atoms with Gasteiger partial charge in [0.15, 0.2) is 0 Å². The number of fused-ring (bicyclic) bond motifs is 1. The Labute approximate surface area is 166 Å². The van der Waals surface area contributed by atoms with Crippen LogP contribution in [0.1, 0.15) is 23.5 Å². The highest BCUT2D eigenvalue weighted by Gasteiger charge is 2.30. The second-order valence-corrected chi connectivity index (χ2v) is 7.19. The predicted molar refractivity (Wildman–Crippen MR) is 106 cm³/mol. The Bertz CT molecular complexity index is 1070. The van der Waals surface area contributed by atoms with Crippen LogP contribution in [0, 0.1) is 0 Å². The van der Waals surface area contributed by atoms with Gasteiger partial charge >= 0.3 is 6.18 Å². The molecule has 1 saturated heterocycles. The van der Waals surface area contributed by atoms with Crippen molar-refractivity contribution in [1.29, 1.82) is 0 Å². The number of nitrogens with zero attached hydrogens (tertiary/aromatic N) is 2. The van der Waals surface area contributed by atoms with Crippen molar-refractivity contribution in [3.8, 4) is 11.1 Å². The first-order chi connectivity index (χ1) is 13.9. The molecule has 1 aromatic heterocycles. The molecular formula is C23H19F3N2O. The van der Waals surface area contributed by atoms with Crippen LogP contribution in [-0.2, 0) is 11.0 Å². The summed E-state index contributed by atoms with van der Waals surface area (Å²) in [5, 5.41) is 0.924. The molecule has 3 nitrogen and oxygen atoms in total. The topological polar surface area (TPSA) is 33.2 Å². The molecule has 0 radical (unpaired) electrons. The minimum absolute atomic E-state index is 0.0938. The van der Waals surface area contributed by atoms with E-state index in [0.29, 0.717) is 18.7 Å². The highest BCUT2D eigenvalue weighted by Crippen LogP contribution is 2.36. The smallest absolute Gasteiger partial charge is 0.339 e. The van der Waals surface area contributed by atoms with Crippen LogP contribution in [0.25, 0.3) is 22.0 Å². The van der Waals surface area contributed by atoms with E-state index in [9.17, 15) is 18.0 Å². The molecule has 148 valence electrons. The number of benzene rings is 2. The number of rotatable bonds is 3. The number of halogens is 3. The van der Waals surface area contributed by atoms with E-state index in [1.165, 1.54) is 18.2 Å². The first-order valence-electron chi connectivity index (χ1n) is 9.34. The first-order valence-corrected chi connectivity index (χ1v) is 9.34. The Morgan fingerprint density at radius 2 is 1.90 bits per heavy atom. The van der Waals surface area contributed by atoms with Crippen molar-refractivity contribution in [2.75, 3.05) is 13.1 Å². The Hall–Kier alpha value is -3.15. The quantitative estimate of drug-likeness (QED) is 0.554. The summed E-state index contributed by atoms with van der Waals surface area (Å²) in [6, 6.07) is 12.9. The van der Waals surface area contributed by atoms with E-state index in [2.05, 4.69) is 11.6 Å². The molecule has 6 heteroatoms. The average Bonchev–Trinajstić information content (AvgIpc) is 3.22. The second-order valence-electron chi connectivity index (χ2n) is 7.19. The minimum Gasteiger partial charge on any atom is -0.339 e. The molecule has 4 rings (SSSR count). The highest BCUT2D eigenvalue weighted by molar-refractivity contribution is 5.89. The molecule has 3 aromatic rings. The van der Waals surface area contributed by atoms with Crippen molar-refractivity contribution in [2.24, 2.45) is 0 Å². The summed E-state index contributed by atoms with van der Waals surface area (Å²) >= 11 is 0. The maximum absolute atomic E-state index is 12.9. The summed E-state index contributed by atoms with van der Waals surface area (Å²) in [5.74, 6) is 0.0226. The number of hydrogen-bond acceptors (Lipinski definition) is 2. The summed E-state index contributed by atoms with van der Waals surface area (Å²) in [5.41, 5.74) is 2.75. The molecule has 0 saturated carbocycles. The van der Waals surface area contributed by atoms with Gasteiger partial charge in [0.1, 0.15) is 0 Å². The van der Waals surface area contributed by atoms with Gasteiger partial charge in [0.2, 0.25) is 5.91 Å². The van der Waals surface area contributed by atoms with Gasteiger partial charge in [0, 0.05) is 30.6 Å². The molecule has 1 unspecified atom stereocenters. The molecule has 1 amide bonds. The molecule has 1 atom stereocenters. The summed E-state index contributed by atoms with van der Waals surface area (Å²) in [4.78, 5) is 18.2. The number of aromatic nitrogens is 1. The zero-order valence-electron chi connectivity index (χ0n) is 15.6. The van der Waals surface area contributed by atoms with E-state index < -0.39 is 11.7 Å². The maximum Gasteiger partial charge on any atom is 0.416 e. The van der Waals surface area contributed by atoms with Crippen molar-refractivity contribution < 1.29 is 18.0 Å². The van der Waals surface area contributed by atoms with Gasteiger partial charge < -0.3 is 4.90 Å². The third-order valence-electron chi connectivity index (χ3n) is 5.39. The van der Waals surface area contributed by atoms with Crippen LogP contribution in [0.5, 0.6) is 0 Å². The van der Waals surface area contributed by atoms with Gasteiger partial charge in [-0.05, 0) is 59.5 Å². The fourth-order valence-electron chi connectivity index (χ4n) is 3.89. The van der Waals surface area contributed by atoms with Crippen molar-refractivity contribution in [3.63, 3.8) is 0 Å². The van der Waals surface area contributed by atoms with Crippen molar-refractivity contribution in [1.82, 2.24) is 9.88 Å². The van der Waals surface area contributed by atoms with Gasteiger partial charge in [0.05, 0.1) is 11.1 Å². The summed E-state index contributed by atoms with van der Waals surface area (Å²) in [6.07, 6.45) is -0.508. The lowest BCUT2D eigenvalue weighted by atomic mass is 9.91. The van der Waals surface area contributed by atoms with Gasteiger partial charge in [-0.3, -0.25) is 9.78 Å². The number of amides is 1. The Kier molecular flexibility index (Phi) is 4.86. The lowest BCUT2D eigenvalue weighted by Crippen LogP contribution is -2.26. The highest BCUT2D eigenvalue weighted by atomic mass is 19.4. The van der Waals surface area contributed by atoms with E-state index in [1.54, 1.807) is 11.1 Å². The normalized spacial score (nSPS) is 16.9. The molecule has 0 N–H and O–H groups in total. The number of likely N-dealkylation sites (tertiary alicyclic amines) is 1. The van der Waals surface area contributed by atoms with Gasteiger partial charge in [0.25, 0.3) is 0 Å². The van der Waals surface area contributed by atoms with Crippen molar-refractivity contribution >= 4 is 16.8 Å². The van der Waals surface area contributed by atoms with Crippen LogP contribution < -0.4 is 0 Å². The fraction of sp³-hybridized carbons (Fsp3) is 0.217. The third kappa shape index (κ3) is 3.75. The van der Waals surface area contributed by atoms with Gasteiger partial charge in [-0.25, -0.2) is 0 Å². The van der Waals surface area contributed by atoms with Crippen LogP contribution in [0.15, 0.2) is 67.4 Å². The van der Waals surface area contributed by atoms with Crippen LogP contribution >= 0.6 is 0 Å². The fourth-order valence-corrected chi connectivity index (χ4v) is 3.89. The van der Waals surface area contributed by atoms with E-state index in [0.717, 1.165) is 40.6 Å². The molecule has 0 spiro atoms. The molecule has 2 heterocycles. The van der Waals surface area contributed by atoms with Crippen LogP contribution in [-0.4, -0.2) is 28.9 Å². The zero-order chi connectivity index (χ0) is 20.6. The van der Waals surface area contributed by atoms with Crippen LogP contribution in [0.3, 0.4) is 0 Å². The van der Waals surface area contributed by atoms with Crippen molar-refractivity contribution in [2.45, 2.75) is 18.5 Å². The molecule has 1 fully saturated rings. The van der Waals surface area contributed by atoms with Gasteiger partial charge in [-0.2, -0.15) is 13.2 Å². The molecule has 1 aliphatic heterocycles. The summed E-state index contributed by atoms with van der Waals surface area (Å²) in [7, 11) is 0. The zero-order valence-corrected chi connectivity index (χ0v) is 15.6. The lowest BCUT2D eigenvalue weighted by Gasteiger charge is -2.17. The number of hydrogen-bond donors (Lipinski definition) is 0. The number of pyridine rings is 1. The number of alkyl halides is 3. The molecule has 0 aliphatic carbocycles. The summed E-state index contributed by atoms with van der Waals surface area (Å²) in [6.45, 7) is 4.77. The molecule has 1 aliphatic rings. The third-order valence-corrected chi connectivity index (χ3v) is 5.39. The number of carbonyl (C=O) groups is 1.